The van der Waals surface area contributed by atoms with E-state index < -0.39 is 0 Å². The van der Waals surface area contributed by atoms with Crippen molar-refractivity contribution in [1.29, 1.82) is 0 Å². The van der Waals surface area contributed by atoms with Gasteiger partial charge in [0, 0.05) is 6.54 Å². The summed E-state index contributed by atoms with van der Waals surface area (Å²) in [5.41, 5.74) is 7.83. The Morgan fingerprint density at radius 2 is 2.23 bits per heavy atom. The van der Waals surface area contributed by atoms with Crippen molar-refractivity contribution in [1.82, 2.24) is 9.78 Å². The summed E-state index contributed by atoms with van der Waals surface area (Å²) in [5, 5.41) is 4.27. The normalized spacial score (nSPS) is 11.1. The molecule has 0 aliphatic carbocycles. The van der Waals surface area contributed by atoms with Crippen LogP contribution >= 0.6 is 0 Å². The van der Waals surface area contributed by atoms with Crippen molar-refractivity contribution < 1.29 is 0 Å². The van der Waals surface area contributed by atoms with Gasteiger partial charge in [-0.2, -0.15) is 5.10 Å². The first-order valence-electron chi connectivity index (χ1n) is 4.98. The first kappa shape index (κ1) is 10.1. The van der Waals surface area contributed by atoms with Gasteiger partial charge >= 0.3 is 0 Å². The standard InChI is InChI=1S/C10H19N3/c1-4-5-6-13-10(8(2)3)9(11)7-12-13/h7-8H,4-6,11H2,1-3H3. The zero-order chi connectivity index (χ0) is 9.84. The molecular formula is C10H19N3. The maximum absolute atomic E-state index is 5.83. The Labute approximate surface area is 79.9 Å². The second kappa shape index (κ2) is 4.30. The second-order valence-electron chi connectivity index (χ2n) is 3.72. The van der Waals surface area contributed by atoms with Crippen LogP contribution in [0.5, 0.6) is 0 Å². The summed E-state index contributed by atoms with van der Waals surface area (Å²) in [4.78, 5) is 0. The van der Waals surface area contributed by atoms with Crippen molar-refractivity contribution in [3.05, 3.63) is 11.9 Å². The van der Waals surface area contributed by atoms with Gasteiger partial charge in [0.05, 0.1) is 17.6 Å². The fourth-order valence-corrected chi connectivity index (χ4v) is 1.53. The molecule has 0 bridgehead atoms. The number of unbranched alkanes of at least 4 members (excludes halogenated alkanes) is 1. The van der Waals surface area contributed by atoms with Crippen LogP contribution in [0.1, 0.15) is 45.2 Å². The van der Waals surface area contributed by atoms with Crippen LogP contribution in [0.15, 0.2) is 6.20 Å². The Kier molecular flexibility index (Phi) is 3.34. The first-order valence-corrected chi connectivity index (χ1v) is 4.98. The summed E-state index contributed by atoms with van der Waals surface area (Å²) < 4.78 is 2.03. The lowest BCUT2D eigenvalue weighted by Crippen LogP contribution is -2.07. The minimum absolute atomic E-state index is 0.458. The topological polar surface area (TPSA) is 43.8 Å². The third-order valence-corrected chi connectivity index (χ3v) is 2.18. The summed E-state index contributed by atoms with van der Waals surface area (Å²) >= 11 is 0. The highest BCUT2D eigenvalue weighted by molar-refractivity contribution is 5.42. The van der Waals surface area contributed by atoms with Crippen LogP contribution in [0, 0.1) is 0 Å². The van der Waals surface area contributed by atoms with Crippen LogP contribution in [-0.2, 0) is 6.54 Å². The van der Waals surface area contributed by atoms with Crippen molar-refractivity contribution in [2.45, 2.75) is 46.1 Å². The van der Waals surface area contributed by atoms with Crippen molar-refractivity contribution in [2.24, 2.45) is 0 Å². The van der Waals surface area contributed by atoms with Crippen LogP contribution in [0.25, 0.3) is 0 Å². The lowest BCUT2D eigenvalue weighted by Gasteiger charge is -2.10. The van der Waals surface area contributed by atoms with Crippen molar-refractivity contribution in [3.8, 4) is 0 Å². The van der Waals surface area contributed by atoms with E-state index in [1.807, 2.05) is 4.68 Å². The summed E-state index contributed by atoms with van der Waals surface area (Å²) in [6, 6.07) is 0. The highest BCUT2D eigenvalue weighted by Crippen LogP contribution is 2.21. The fraction of sp³-hybridized carbons (Fsp3) is 0.700. The van der Waals surface area contributed by atoms with Crippen LogP contribution in [-0.4, -0.2) is 9.78 Å². The SMILES string of the molecule is CCCCn1ncc(N)c1C(C)C. The Bertz CT molecular complexity index is 263. The molecule has 74 valence electrons. The molecule has 13 heavy (non-hydrogen) atoms. The van der Waals surface area contributed by atoms with Gasteiger partial charge in [0.1, 0.15) is 0 Å². The molecule has 0 atom stereocenters. The number of nitrogen functional groups attached to an aromatic ring is 1. The van der Waals surface area contributed by atoms with E-state index in [0.29, 0.717) is 5.92 Å². The fourth-order valence-electron chi connectivity index (χ4n) is 1.53. The van der Waals surface area contributed by atoms with Gasteiger partial charge in [0.2, 0.25) is 0 Å². The molecule has 0 radical (unpaired) electrons. The van der Waals surface area contributed by atoms with E-state index in [4.69, 9.17) is 5.73 Å². The highest BCUT2D eigenvalue weighted by atomic mass is 15.3. The maximum Gasteiger partial charge on any atom is 0.0735 e. The Balaban J connectivity index is 2.81. The number of aryl methyl sites for hydroxylation is 1. The van der Waals surface area contributed by atoms with Gasteiger partial charge in [-0.15, -0.1) is 0 Å². The third-order valence-electron chi connectivity index (χ3n) is 2.18. The molecule has 0 unspecified atom stereocenters. The van der Waals surface area contributed by atoms with E-state index in [-0.39, 0.29) is 0 Å². The lowest BCUT2D eigenvalue weighted by atomic mass is 10.1. The lowest BCUT2D eigenvalue weighted by molar-refractivity contribution is 0.536. The van der Waals surface area contributed by atoms with Gasteiger partial charge in [-0.3, -0.25) is 4.68 Å². The van der Waals surface area contributed by atoms with Crippen LogP contribution in [0.3, 0.4) is 0 Å². The monoisotopic (exact) mass is 181 g/mol. The molecule has 1 rings (SSSR count). The van der Waals surface area contributed by atoms with Crippen LogP contribution in [0.4, 0.5) is 5.69 Å². The molecular weight excluding hydrogens is 162 g/mol. The van der Waals surface area contributed by atoms with E-state index in [1.54, 1.807) is 6.20 Å². The molecule has 0 amide bonds. The largest absolute Gasteiger partial charge is 0.396 e. The van der Waals surface area contributed by atoms with E-state index in [9.17, 15) is 0 Å². The summed E-state index contributed by atoms with van der Waals surface area (Å²) in [6.45, 7) is 7.47. The highest BCUT2D eigenvalue weighted by Gasteiger charge is 2.10. The van der Waals surface area contributed by atoms with Crippen molar-refractivity contribution in [2.75, 3.05) is 5.73 Å². The van der Waals surface area contributed by atoms with Crippen molar-refractivity contribution in [3.63, 3.8) is 0 Å². The van der Waals surface area contributed by atoms with Gasteiger partial charge in [-0.25, -0.2) is 0 Å². The maximum atomic E-state index is 5.83. The summed E-state index contributed by atoms with van der Waals surface area (Å²) in [5.74, 6) is 0.458. The van der Waals surface area contributed by atoms with E-state index in [0.717, 1.165) is 12.2 Å². The zero-order valence-electron chi connectivity index (χ0n) is 8.75. The molecule has 0 saturated heterocycles. The minimum Gasteiger partial charge on any atom is -0.396 e. The molecule has 1 aromatic rings. The second-order valence-corrected chi connectivity index (χ2v) is 3.72. The Morgan fingerprint density at radius 3 is 2.77 bits per heavy atom. The minimum atomic E-state index is 0.458. The van der Waals surface area contributed by atoms with E-state index >= 15 is 0 Å². The van der Waals surface area contributed by atoms with Gasteiger partial charge in [-0.1, -0.05) is 27.2 Å². The number of hydrogen-bond donors (Lipinski definition) is 1. The number of hydrogen-bond acceptors (Lipinski definition) is 2. The molecule has 0 aliphatic rings. The Morgan fingerprint density at radius 1 is 1.54 bits per heavy atom. The van der Waals surface area contributed by atoms with Gasteiger partial charge in [0.15, 0.2) is 0 Å². The number of rotatable bonds is 4. The quantitative estimate of drug-likeness (QED) is 0.775. The average Bonchev–Trinajstić information content (AvgIpc) is 2.43. The predicted octanol–water partition coefficient (Wildman–Crippen LogP) is 2.39. The Hall–Kier alpha value is -0.990. The predicted molar refractivity (Wildman–Crippen MR) is 55.6 cm³/mol. The van der Waals surface area contributed by atoms with E-state index in [2.05, 4.69) is 25.9 Å². The van der Waals surface area contributed by atoms with Gasteiger partial charge in [-0.05, 0) is 12.3 Å². The first-order chi connectivity index (χ1) is 6.16. The molecule has 0 aromatic carbocycles. The average molecular weight is 181 g/mol. The zero-order valence-corrected chi connectivity index (χ0v) is 8.75. The molecule has 1 heterocycles. The number of aromatic nitrogens is 2. The molecule has 1 aromatic heterocycles. The van der Waals surface area contributed by atoms with E-state index in [1.165, 1.54) is 18.5 Å². The molecule has 0 saturated carbocycles. The molecule has 0 aliphatic heterocycles. The third kappa shape index (κ3) is 2.23. The molecule has 2 N–H and O–H groups in total. The molecule has 3 nitrogen and oxygen atoms in total. The number of nitrogens with two attached hydrogens (primary N) is 1. The van der Waals surface area contributed by atoms with Crippen LogP contribution < -0.4 is 5.73 Å². The summed E-state index contributed by atoms with van der Waals surface area (Å²) in [7, 11) is 0. The molecule has 0 fully saturated rings. The molecule has 0 spiro atoms. The number of nitrogens with zero attached hydrogens (tertiary/aromatic N) is 2. The number of anilines is 1. The van der Waals surface area contributed by atoms with Crippen molar-refractivity contribution >= 4 is 5.69 Å². The molecule has 3 heteroatoms. The van der Waals surface area contributed by atoms with Crippen LogP contribution in [0.2, 0.25) is 0 Å². The van der Waals surface area contributed by atoms with Gasteiger partial charge < -0.3 is 5.73 Å². The summed E-state index contributed by atoms with van der Waals surface area (Å²) in [6.07, 6.45) is 4.11. The smallest absolute Gasteiger partial charge is 0.0735 e. The van der Waals surface area contributed by atoms with Gasteiger partial charge in [0.25, 0.3) is 0 Å².